The average molecular weight is 454 g/mol. The highest BCUT2D eigenvalue weighted by molar-refractivity contribution is 6.13. The van der Waals surface area contributed by atoms with Crippen molar-refractivity contribution in [1.82, 2.24) is 9.99 Å². The quantitative estimate of drug-likeness (QED) is 0.539. The molecular formula is C29H35N5. The van der Waals surface area contributed by atoms with Gasteiger partial charge in [0, 0.05) is 42.0 Å². The minimum Gasteiger partial charge on any atom is -0.357 e. The molecule has 0 radical (unpaired) electrons. The molecule has 1 saturated heterocycles. The molecule has 1 atom stereocenters. The maximum atomic E-state index is 5.09. The molecule has 1 aromatic heterocycles. The van der Waals surface area contributed by atoms with Crippen molar-refractivity contribution >= 4 is 22.9 Å². The summed E-state index contributed by atoms with van der Waals surface area (Å²) in [5.41, 5.74) is 8.90. The molecule has 1 unspecified atom stereocenters. The molecule has 4 heterocycles. The molecule has 5 heteroatoms. The zero-order chi connectivity index (χ0) is 23.8. The third-order valence-corrected chi connectivity index (χ3v) is 7.30. The van der Waals surface area contributed by atoms with Crippen LogP contribution in [0.4, 0.5) is 11.6 Å². The molecule has 5 rings (SSSR count). The first kappa shape index (κ1) is 22.5. The zero-order valence-corrected chi connectivity index (χ0v) is 20.7. The number of hydrogen-bond acceptors (Lipinski definition) is 5. The summed E-state index contributed by atoms with van der Waals surface area (Å²) in [5, 5.41) is 10.7. The van der Waals surface area contributed by atoms with Crippen LogP contribution in [-0.2, 0) is 0 Å². The first-order valence-corrected chi connectivity index (χ1v) is 12.5. The van der Waals surface area contributed by atoms with E-state index in [1.54, 1.807) is 0 Å². The highest BCUT2D eigenvalue weighted by atomic mass is 15.5. The number of benzene rings is 1. The second-order valence-electron chi connectivity index (χ2n) is 9.66. The van der Waals surface area contributed by atoms with Crippen molar-refractivity contribution in [2.24, 2.45) is 5.10 Å². The van der Waals surface area contributed by atoms with E-state index in [1.807, 2.05) is 0 Å². The number of aromatic nitrogens is 1. The Morgan fingerprint density at radius 2 is 1.79 bits per heavy atom. The summed E-state index contributed by atoms with van der Waals surface area (Å²) in [6, 6.07) is 13.3. The first-order valence-electron chi connectivity index (χ1n) is 12.5. The molecule has 3 aliphatic heterocycles. The highest BCUT2D eigenvalue weighted by Gasteiger charge is 2.34. The van der Waals surface area contributed by atoms with E-state index < -0.39 is 0 Å². The Hall–Kier alpha value is -3.34. The number of anilines is 2. The minimum atomic E-state index is 0.150. The average Bonchev–Trinajstić information content (AvgIpc) is 3.29. The van der Waals surface area contributed by atoms with E-state index in [1.165, 1.54) is 36.0 Å². The lowest BCUT2D eigenvalue weighted by Gasteiger charge is -2.30. The van der Waals surface area contributed by atoms with Crippen LogP contribution >= 0.6 is 0 Å². The van der Waals surface area contributed by atoms with Crippen molar-refractivity contribution in [3.63, 3.8) is 0 Å². The van der Waals surface area contributed by atoms with Gasteiger partial charge >= 0.3 is 0 Å². The van der Waals surface area contributed by atoms with Crippen LogP contribution in [0, 0.1) is 6.92 Å². The van der Waals surface area contributed by atoms with E-state index in [4.69, 9.17) is 10.1 Å². The third-order valence-electron chi connectivity index (χ3n) is 7.30. The fourth-order valence-corrected chi connectivity index (χ4v) is 5.27. The molecule has 0 spiro atoms. The molecule has 0 bridgehead atoms. The number of hydrogen-bond donors (Lipinski definition) is 1. The lowest BCUT2D eigenvalue weighted by molar-refractivity contribution is 0.293. The molecular weight excluding hydrogens is 418 g/mol. The second kappa shape index (κ2) is 9.13. The van der Waals surface area contributed by atoms with Gasteiger partial charge in [0.05, 0.1) is 11.8 Å². The van der Waals surface area contributed by atoms with Crippen LogP contribution in [0.15, 0.2) is 71.6 Å². The third kappa shape index (κ3) is 4.04. The Morgan fingerprint density at radius 3 is 2.50 bits per heavy atom. The Labute approximate surface area is 203 Å². The summed E-state index contributed by atoms with van der Waals surface area (Å²) in [6.07, 6.45) is 5.48. The lowest BCUT2D eigenvalue weighted by atomic mass is 9.89. The fraction of sp³-hybridized carbons (Fsp3) is 0.379. The molecule has 34 heavy (non-hydrogen) atoms. The first-order chi connectivity index (χ1) is 16.5. The van der Waals surface area contributed by atoms with Gasteiger partial charge in [-0.15, -0.1) is 0 Å². The zero-order valence-electron chi connectivity index (χ0n) is 20.7. The Kier molecular flexibility index (Phi) is 6.03. The van der Waals surface area contributed by atoms with Crippen LogP contribution in [-0.4, -0.2) is 28.8 Å². The van der Waals surface area contributed by atoms with Gasteiger partial charge in [-0.1, -0.05) is 49.9 Å². The van der Waals surface area contributed by atoms with Crippen molar-refractivity contribution < 1.29 is 0 Å². The normalized spacial score (nSPS) is 20.3. The van der Waals surface area contributed by atoms with Gasteiger partial charge in [-0.2, -0.15) is 5.10 Å². The standard InChI is InChI=1S/C29H35N5/c1-6-20(3)34-26(23-12-10-19(2)11-13-23)18-25(32-34)28-21(4)24-14-15-27(31-29(24)30-22(28)5)33-16-8-7-9-17-33/h10-15,26H,3,5-9,16-18H2,1-2,4H3,(H,30,31). The van der Waals surface area contributed by atoms with Gasteiger partial charge in [0.15, 0.2) is 0 Å². The predicted molar refractivity (Wildman–Crippen MR) is 143 cm³/mol. The molecule has 0 saturated carbocycles. The van der Waals surface area contributed by atoms with Crippen LogP contribution in [0.5, 0.6) is 0 Å². The van der Waals surface area contributed by atoms with Crippen LogP contribution in [0.25, 0.3) is 5.57 Å². The number of aryl methyl sites for hydroxylation is 1. The summed E-state index contributed by atoms with van der Waals surface area (Å²) in [6.45, 7) is 17.3. The molecule has 0 amide bonds. The minimum absolute atomic E-state index is 0.150. The van der Waals surface area contributed by atoms with Crippen LogP contribution in [0.3, 0.4) is 0 Å². The summed E-state index contributed by atoms with van der Waals surface area (Å²) >= 11 is 0. The van der Waals surface area contributed by atoms with Crippen LogP contribution in [0.2, 0.25) is 0 Å². The van der Waals surface area contributed by atoms with E-state index >= 15 is 0 Å². The van der Waals surface area contributed by atoms with E-state index in [0.717, 1.165) is 65.8 Å². The molecule has 1 aromatic carbocycles. The van der Waals surface area contributed by atoms with Gasteiger partial charge in [-0.05, 0) is 62.8 Å². The van der Waals surface area contributed by atoms with Crippen molar-refractivity contribution in [3.8, 4) is 0 Å². The van der Waals surface area contributed by atoms with E-state index in [2.05, 4.69) is 85.6 Å². The number of pyridine rings is 1. The van der Waals surface area contributed by atoms with Gasteiger partial charge in [0.1, 0.15) is 11.6 Å². The monoisotopic (exact) mass is 453 g/mol. The van der Waals surface area contributed by atoms with E-state index in [9.17, 15) is 0 Å². The topological polar surface area (TPSA) is 43.8 Å². The number of fused-ring (bicyclic) bond motifs is 1. The smallest absolute Gasteiger partial charge is 0.140 e. The maximum absolute atomic E-state index is 5.09. The number of nitrogens with zero attached hydrogens (tertiary/aromatic N) is 4. The Balaban J connectivity index is 1.49. The summed E-state index contributed by atoms with van der Waals surface area (Å²) in [7, 11) is 0. The van der Waals surface area contributed by atoms with Gasteiger partial charge in [0.2, 0.25) is 0 Å². The van der Waals surface area contributed by atoms with Gasteiger partial charge in [-0.25, -0.2) is 4.98 Å². The Morgan fingerprint density at radius 1 is 1.06 bits per heavy atom. The van der Waals surface area contributed by atoms with Crippen LogP contribution in [0.1, 0.15) is 68.7 Å². The summed E-state index contributed by atoms with van der Waals surface area (Å²) in [4.78, 5) is 7.37. The van der Waals surface area contributed by atoms with Crippen molar-refractivity contribution in [2.75, 3.05) is 23.3 Å². The highest BCUT2D eigenvalue weighted by Crippen LogP contribution is 2.42. The van der Waals surface area contributed by atoms with Crippen molar-refractivity contribution in [1.29, 1.82) is 0 Å². The maximum Gasteiger partial charge on any atom is 0.140 e. The van der Waals surface area contributed by atoms with Crippen LogP contribution < -0.4 is 10.2 Å². The van der Waals surface area contributed by atoms with Gasteiger partial charge < -0.3 is 10.2 Å². The number of hydrazone groups is 1. The largest absolute Gasteiger partial charge is 0.357 e. The van der Waals surface area contributed by atoms with Gasteiger partial charge in [0.25, 0.3) is 0 Å². The molecule has 2 aromatic rings. The number of piperidine rings is 1. The van der Waals surface area contributed by atoms with E-state index in [-0.39, 0.29) is 6.04 Å². The number of nitrogens with one attached hydrogen (secondary N) is 1. The SMILES string of the molecule is C=C1Nc2nc(N3CCCCC3)ccc2C(C)=C1C1=NN(C(=C)CC)C(c2ccc(C)cc2)C1. The molecule has 3 aliphatic rings. The van der Waals surface area contributed by atoms with Gasteiger partial charge in [-0.3, -0.25) is 5.01 Å². The molecule has 5 nitrogen and oxygen atoms in total. The van der Waals surface area contributed by atoms with Crippen molar-refractivity contribution in [2.45, 2.75) is 58.9 Å². The fourth-order valence-electron chi connectivity index (χ4n) is 5.27. The lowest BCUT2D eigenvalue weighted by Crippen LogP contribution is -2.30. The number of rotatable bonds is 5. The summed E-state index contributed by atoms with van der Waals surface area (Å²) in [5.74, 6) is 1.95. The Bertz CT molecular complexity index is 1180. The molecule has 176 valence electrons. The molecule has 1 N–H and O–H groups in total. The second-order valence-corrected chi connectivity index (χ2v) is 9.66. The predicted octanol–water partition coefficient (Wildman–Crippen LogP) is 6.82. The molecule has 1 fully saturated rings. The summed E-state index contributed by atoms with van der Waals surface area (Å²) < 4.78 is 0. The number of allylic oxidation sites excluding steroid dienone is 3. The van der Waals surface area contributed by atoms with Crippen molar-refractivity contribution in [3.05, 3.63) is 83.2 Å². The molecule has 0 aliphatic carbocycles. The van der Waals surface area contributed by atoms with E-state index in [0.29, 0.717) is 0 Å².